The average Bonchev–Trinajstić information content (AvgIpc) is 3.11. The van der Waals surface area contributed by atoms with Gasteiger partial charge in [-0.05, 0) is 42.0 Å². The highest BCUT2D eigenvalue weighted by atomic mass is 16.6. The summed E-state index contributed by atoms with van der Waals surface area (Å²) in [5, 5.41) is 0. The van der Waals surface area contributed by atoms with Crippen molar-refractivity contribution in [1.29, 1.82) is 0 Å². The first-order chi connectivity index (χ1) is 23.2. The van der Waals surface area contributed by atoms with Gasteiger partial charge in [0.2, 0.25) is 0 Å². The van der Waals surface area contributed by atoms with E-state index >= 15 is 0 Å². The molecule has 47 heavy (non-hydrogen) atoms. The van der Waals surface area contributed by atoms with Crippen LogP contribution < -0.4 is 0 Å². The molecular weight excluding hydrogens is 592 g/mol. The van der Waals surface area contributed by atoms with E-state index in [-0.39, 0.29) is 12.1 Å². The standard InChI is InChI=1S/C40H46O7/c1-2-43-37(41)25-15-24-35-38(44-27-32-18-9-4-10-19-32)40(46-29-34-22-13-6-14-23-34)39(45-28-33-20-11-5-12-21-33)36(47-35)30-42-26-31-16-7-3-8-17-31/h3-14,16-23,35-36,38-40H,2,15,24-30H2,1H3/t35-,36-,38+,39+,40-/m1/s1. The maximum absolute atomic E-state index is 12.3. The lowest BCUT2D eigenvalue weighted by Gasteiger charge is -2.46. The van der Waals surface area contributed by atoms with Gasteiger partial charge < -0.3 is 28.4 Å². The molecule has 7 heteroatoms. The van der Waals surface area contributed by atoms with Gasteiger partial charge in [-0.2, -0.15) is 0 Å². The molecule has 0 spiro atoms. The number of esters is 1. The number of benzene rings is 4. The van der Waals surface area contributed by atoms with Crippen LogP contribution >= 0.6 is 0 Å². The van der Waals surface area contributed by atoms with Gasteiger partial charge in [-0.3, -0.25) is 4.79 Å². The van der Waals surface area contributed by atoms with Crippen LogP contribution in [0, 0.1) is 0 Å². The van der Waals surface area contributed by atoms with E-state index in [0.29, 0.717) is 58.9 Å². The summed E-state index contributed by atoms with van der Waals surface area (Å²) in [5.74, 6) is -0.214. The number of carbonyl (C=O) groups is 1. The summed E-state index contributed by atoms with van der Waals surface area (Å²) >= 11 is 0. The lowest BCUT2D eigenvalue weighted by atomic mass is 9.91. The first-order valence-corrected chi connectivity index (χ1v) is 16.6. The van der Waals surface area contributed by atoms with Gasteiger partial charge in [-0.25, -0.2) is 0 Å². The Morgan fingerprint density at radius 1 is 0.574 bits per heavy atom. The van der Waals surface area contributed by atoms with Gasteiger partial charge in [0.1, 0.15) is 24.4 Å². The Hall–Kier alpha value is -3.85. The van der Waals surface area contributed by atoms with Crippen molar-refractivity contribution in [3.05, 3.63) is 144 Å². The number of rotatable bonds is 18. The third-order valence-electron chi connectivity index (χ3n) is 8.15. The molecule has 4 aromatic carbocycles. The van der Waals surface area contributed by atoms with Crippen LogP contribution in [0.2, 0.25) is 0 Å². The summed E-state index contributed by atoms with van der Waals surface area (Å²) in [4.78, 5) is 12.3. The minimum absolute atomic E-state index is 0.214. The fourth-order valence-corrected chi connectivity index (χ4v) is 5.80. The van der Waals surface area contributed by atoms with Gasteiger partial charge in [0, 0.05) is 6.42 Å². The first-order valence-electron chi connectivity index (χ1n) is 16.6. The Bertz CT molecular complexity index is 1420. The summed E-state index contributed by atoms with van der Waals surface area (Å²) < 4.78 is 38.5. The fraction of sp³-hybridized carbons (Fsp3) is 0.375. The molecular formula is C40H46O7. The number of ether oxygens (including phenoxy) is 6. The average molecular weight is 639 g/mol. The predicted octanol–water partition coefficient (Wildman–Crippen LogP) is 7.46. The van der Waals surface area contributed by atoms with E-state index in [1.165, 1.54) is 0 Å². The second-order valence-electron chi connectivity index (χ2n) is 11.7. The summed E-state index contributed by atoms with van der Waals surface area (Å²) in [6, 6.07) is 40.4. The molecule has 1 fully saturated rings. The summed E-state index contributed by atoms with van der Waals surface area (Å²) in [7, 11) is 0. The van der Waals surface area contributed by atoms with Crippen LogP contribution in [0.1, 0.15) is 48.4 Å². The molecule has 0 N–H and O–H groups in total. The Balaban J connectivity index is 1.42. The van der Waals surface area contributed by atoms with E-state index in [1.807, 2.05) is 116 Å². The third kappa shape index (κ3) is 11.1. The topological polar surface area (TPSA) is 72.5 Å². The molecule has 7 nitrogen and oxygen atoms in total. The first kappa shape index (κ1) is 34.5. The predicted molar refractivity (Wildman–Crippen MR) is 180 cm³/mol. The van der Waals surface area contributed by atoms with Crippen LogP contribution in [0.25, 0.3) is 0 Å². The molecule has 1 saturated heterocycles. The maximum atomic E-state index is 12.3. The Kier molecular flexibility index (Phi) is 14.0. The molecule has 0 aliphatic carbocycles. The van der Waals surface area contributed by atoms with Crippen molar-refractivity contribution in [2.24, 2.45) is 0 Å². The molecule has 1 aliphatic heterocycles. The normalized spacial score (nSPS) is 20.9. The maximum Gasteiger partial charge on any atom is 0.305 e. The highest BCUT2D eigenvalue weighted by Gasteiger charge is 2.48. The molecule has 0 radical (unpaired) electrons. The third-order valence-corrected chi connectivity index (χ3v) is 8.15. The van der Waals surface area contributed by atoms with Crippen LogP contribution in [0.5, 0.6) is 0 Å². The number of hydrogen-bond donors (Lipinski definition) is 0. The van der Waals surface area contributed by atoms with Gasteiger partial charge >= 0.3 is 5.97 Å². The lowest BCUT2D eigenvalue weighted by molar-refractivity contribution is -0.273. The van der Waals surface area contributed by atoms with Crippen molar-refractivity contribution in [2.45, 2.75) is 83.1 Å². The Morgan fingerprint density at radius 2 is 1.00 bits per heavy atom. The van der Waals surface area contributed by atoms with Gasteiger partial charge in [-0.1, -0.05) is 121 Å². The van der Waals surface area contributed by atoms with Crippen LogP contribution in [0.15, 0.2) is 121 Å². The Morgan fingerprint density at radius 3 is 1.47 bits per heavy atom. The number of carbonyl (C=O) groups excluding carboxylic acids is 1. The fourth-order valence-electron chi connectivity index (χ4n) is 5.80. The molecule has 4 aromatic rings. The second-order valence-corrected chi connectivity index (χ2v) is 11.7. The summed E-state index contributed by atoms with van der Waals surface area (Å²) in [6.45, 7) is 4.08. The van der Waals surface area contributed by atoms with Gasteiger partial charge in [0.05, 0.1) is 45.7 Å². The quantitative estimate of drug-likeness (QED) is 0.105. The molecule has 5 atom stereocenters. The molecule has 0 unspecified atom stereocenters. The summed E-state index contributed by atoms with van der Waals surface area (Å²) in [5.41, 5.74) is 4.24. The zero-order chi connectivity index (χ0) is 32.5. The molecule has 0 amide bonds. The highest BCUT2D eigenvalue weighted by Crippen LogP contribution is 2.33. The van der Waals surface area contributed by atoms with E-state index in [4.69, 9.17) is 28.4 Å². The van der Waals surface area contributed by atoms with Crippen LogP contribution in [-0.4, -0.2) is 49.7 Å². The molecule has 1 heterocycles. The monoisotopic (exact) mass is 638 g/mol. The zero-order valence-electron chi connectivity index (χ0n) is 27.2. The van der Waals surface area contributed by atoms with E-state index in [1.54, 1.807) is 0 Å². The van der Waals surface area contributed by atoms with Crippen LogP contribution in [0.3, 0.4) is 0 Å². The van der Waals surface area contributed by atoms with Crippen molar-refractivity contribution >= 4 is 5.97 Å². The van der Waals surface area contributed by atoms with E-state index in [9.17, 15) is 4.79 Å². The van der Waals surface area contributed by atoms with E-state index in [0.717, 1.165) is 22.3 Å². The smallest absolute Gasteiger partial charge is 0.305 e. The van der Waals surface area contributed by atoms with Crippen molar-refractivity contribution < 1.29 is 33.2 Å². The molecule has 0 bridgehead atoms. The number of hydrogen-bond acceptors (Lipinski definition) is 7. The lowest BCUT2D eigenvalue weighted by Crippen LogP contribution is -2.61. The minimum Gasteiger partial charge on any atom is -0.466 e. The van der Waals surface area contributed by atoms with Crippen LogP contribution in [-0.2, 0) is 59.6 Å². The molecule has 248 valence electrons. The summed E-state index contributed by atoms with van der Waals surface area (Å²) in [6.07, 6.45) is -0.754. The van der Waals surface area contributed by atoms with E-state index in [2.05, 4.69) is 12.1 Å². The molecule has 0 saturated carbocycles. The second kappa shape index (κ2) is 19.1. The van der Waals surface area contributed by atoms with Crippen molar-refractivity contribution in [3.8, 4) is 0 Å². The minimum atomic E-state index is -0.489. The van der Waals surface area contributed by atoms with Crippen molar-refractivity contribution in [1.82, 2.24) is 0 Å². The van der Waals surface area contributed by atoms with Gasteiger partial charge in [-0.15, -0.1) is 0 Å². The molecule has 0 aromatic heterocycles. The Labute approximate surface area is 278 Å². The van der Waals surface area contributed by atoms with Gasteiger partial charge in [0.25, 0.3) is 0 Å². The largest absolute Gasteiger partial charge is 0.466 e. The van der Waals surface area contributed by atoms with Crippen LogP contribution in [0.4, 0.5) is 0 Å². The molecule has 5 rings (SSSR count). The highest BCUT2D eigenvalue weighted by molar-refractivity contribution is 5.69. The zero-order valence-corrected chi connectivity index (χ0v) is 27.2. The SMILES string of the molecule is CCOC(=O)CCC[C@H]1O[C@H](COCc2ccccc2)[C@H](OCc2ccccc2)[C@H](OCc2ccccc2)[C@H]1OCc1ccccc1. The van der Waals surface area contributed by atoms with Crippen molar-refractivity contribution in [2.75, 3.05) is 13.2 Å². The van der Waals surface area contributed by atoms with Gasteiger partial charge in [0.15, 0.2) is 0 Å². The van der Waals surface area contributed by atoms with Crippen molar-refractivity contribution in [3.63, 3.8) is 0 Å². The molecule has 1 aliphatic rings. The van der Waals surface area contributed by atoms with E-state index < -0.39 is 24.4 Å².